The van der Waals surface area contributed by atoms with Crippen LogP contribution in [0.5, 0.6) is 5.75 Å². The predicted molar refractivity (Wildman–Crippen MR) is 108 cm³/mol. The summed E-state index contributed by atoms with van der Waals surface area (Å²) < 4.78 is 40.9. The van der Waals surface area contributed by atoms with Crippen molar-refractivity contribution < 1.29 is 32.7 Å². The number of nitrogens with zero attached hydrogens (tertiary/aromatic N) is 1. The Morgan fingerprint density at radius 2 is 1.87 bits per heavy atom. The van der Waals surface area contributed by atoms with E-state index < -0.39 is 23.6 Å². The van der Waals surface area contributed by atoms with E-state index in [2.05, 4.69) is 10.1 Å². The molecule has 1 atom stereocenters. The lowest BCUT2D eigenvalue weighted by Crippen LogP contribution is -2.30. The van der Waals surface area contributed by atoms with Crippen LogP contribution in [-0.2, 0) is 9.47 Å². The van der Waals surface area contributed by atoms with E-state index in [9.17, 15) is 23.7 Å². The second-order valence-corrected chi connectivity index (χ2v) is 8.24. The van der Waals surface area contributed by atoms with Crippen molar-refractivity contribution in [3.05, 3.63) is 62.8 Å². The number of allylic oxidation sites excluding steroid dienone is 2. The molecule has 0 fully saturated rings. The van der Waals surface area contributed by atoms with Crippen molar-refractivity contribution in [1.29, 1.82) is 0 Å². The highest BCUT2D eigenvalue weighted by Crippen LogP contribution is 2.42. The molecule has 0 saturated heterocycles. The number of alkyl halides is 2. The van der Waals surface area contributed by atoms with Crippen molar-refractivity contribution >= 4 is 6.16 Å². The van der Waals surface area contributed by atoms with E-state index in [-0.39, 0.29) is 40.5 Å². The first kappa shape index (κ1) is 24.1. The predicted octanol–water partition coefficient (Wildman–Crippen LogP) is 5.30. The maximum absolute atomic E-state index is 12.9. The molecule has 0 saturated carbocycles. The van der Waals surface area contributed by atoms with Gasteiger partial charge in [-0.2, -0.15) is 8.78 Å². The summed E-state index contributed by atoms with van der Waals surface area (Å²) in [6.45, 7) is 5.93. The van der Waals surface area contributed by atoms with Gasteiger partial charge in [-0.3, -0.25) is 10.1 Å². The summed E-state index contributed by atoms with van der Waals surface area (Å²) in [5.74, 6) is -1.64. The van der Waals surface area contributed by atoms with E-state index in [0.29, 0.717) is 12.1 Å². The van der Waals surface area contributed by atoms with Crippen molar-refractivity contribution in [3.8, 4) is 5.75 Å². The Morgan fingerprint density at radius 3 is 2.45 bits per heavy atom. The second kappa shape index (κ2) is 9.76. The Balaban J connectivity index is 2.43. The highest BCUT2D eigenvalue weighted by atomic mass is 19.3. The maximum Gasteiger partial charge on any atom is 0.513 e. The highest BCUT2D eigenvalue weighted by Gasteiger charge is 2.41. The Kier molecular flexibility index (Phi) is 7.59. The van der Waals surface area contributed by atoms with Gasteiger partial charge in [0.1, 0.15) is 17.4 Å². The molecule has 1 N–H and O–H groups in total. The number of dihydropyridines is 1. The molecule has 8 nitrogen and oxygen atoms in total. The number of nitrogens with one attached hydrogen (secondary N) is 1. The third kappa shape index (κ3) is 6.40. The Labute approximate surface area is 179 Å². The average molecular weight is 440 g/mol. The third-order valence-corrected chi connectivity index (χ3v) is 4.57. The summed E-state index contributed by atoms with van der Waals surface area (Å²) >= 11 is 0. The van der Waals surface area contributed by atoms with E-state index in [1.807, 2.05) is 20.8 Å². The van der Waals surface area contributed by atoms with Crippen LogP contribution in [0.25, 0.3) is 0 Å². The summed E-state index contributed by atoms with van der Waals surface area (Å²) in [5, 5.41) is 14.6. The lowest BCUT2D eigenvalue weighted by molar-refractivity contribution is -0.431. The number of ether oxygens (including phenoxy) is 3. The summed E-state index contributed by atoms with van der Waals surface area (Å²) in [5.41, 5.74) is 0.135. The molecule has 10 heteroatoms. The van der Waals surface area contributed by atoms with Crippen LogP contribution >= 0.6 is 0 Å². The average Bonchev–Trinajstić information content (AvgIpc) is 2.62. The van der Waals surface area contributed by atoms with Crippen molar-refractivity contribution in [2.24, 2.45) is 5.41 Å². The first-order valence-corrected chi connectivity index (χ1v) is 9.62. The standard InChI is InChI=1S/C21H26F2N2O6/c1-12-17(25(27)28)16(14-8-6-7-9-15(14)30-19(22)23)18(13(2)24-12)31-20(26)29-11-10-21(3,4)5/h6-9,16,19,24H,10-11H2,1-5H3. The number of halogens is 2. The van der Waals surface area contributed by atoms with Crippen molar-refractivity contribution in [3.63, 3.8) is 0 Å². The van der Waals surface area contributed by atoms with Gasteiger partial charge in [-0.05, 0) is 31.7 Å². The molecule has 0 aromatic heterocycles. The first-order valence-electron chi connectivity index (χ1n) is 9.62. The quantitative estimate of drug-likeness (QED) is 0.349. The zero-order chi connectivity index (χ0) is 23.3. The van der Waals surface area contributed by atoms with Gasteiger partial charge in [-0.25, -0.2) is 4.79 Å². The molecule has 0 amide bonds. The monoisotopic (exact) mass is 440 g/mol. The molecular weight excluding hydrogens is 414 g/mol. The van der Waals surface area contributed by atoms with Gasteiger partial charge in [-0.1, -0.05) is 39.0 Å². The minimum absolute atomic E-state index is 0.0622. The van der Waals surface area contributed by atoms with E-state index in [4.69, 9.17) is 9.47 Å². The Bertz CT molecular complexity index is 905. The topological polar surface area (TPSA) is 99.9 Å². The zero-order valence-electron chi connectivity index (χ0n) is 18.0. The minimum atomic E-state index is -3.14. The van der Waals surface area contributed by atoms with Gasteiger partial charge in [0.05, 0.1) is 22.9 Å². The van der Waals surface area contributed by atoms with Crippen LogP contribution < -0.4 is 10.1 Å². The van der Waals surface area contributed by atoms with Crippen LogP contribution in [0, 0.1) is 15.5 Å². The minimum Gasteiger partial charge on any atom is -0.435 e. The number of benzene rings is 1. The number of carbonyl (C=O) groups excluding carboxylic acids is 1. The van der Waals surface area contributed by atoms with E-state index in [1.54, 1.807) is 6.92 Å². The molecule has 2 rings (SSSR count). The summed E-state index contributed by atoms with van der Waals surface area (Å²) in [7, 11) is 0. The fourth-order valence-corrected chi connectivity index (χ4v) is 3.11. The molecule has 1 heterocycles. The molecular formula is C21H26F2N2O6. The molecule has 0 radical (unpaired) electrons. The van der Waals surface area contributed by atoms with Gasteiger partial charge >= 0.3 is 12.8 Å². The molecule has 1 aliphatic rings. The lowest BCUT2D eigenvalue weighted by atomic mass is 9.89. The summed E-state index contributed by atoms with van der Waals surface area (Å²) in [4.78, 5) is 23.5. The normalized spacial score (nSPS) is 16.8. The van der Waals surface area contributed by atoms with Crippen molar-refractivity contribution in [1.82, 2.24) is 5.32 Å². The number of hydrogen-bond acceptors (Lipinski definition) is 7. The van der Waals surface area contributed by atoms with Crippen LogP contribution in [0.2, 0.25) is 0 Å². The Hall–Kier alpha value is -3.17. The van der Waals surface area contributed by atoms with E-state index in [0.717, 1.165) is 0 Å². The first-order chi connectivity index (χ1) is 14.4. The van der Waals surface area contributed by atoms with Gasteiger partial charge < -0.3 is 19.5 Å². The molecule has 1 aromatic carbocycles. The SMILES string of the molecule is CC1=C(OC(=O)OCCC(C)(C)C)C(c2ccccc2OC(F)F)C([N+](=O)[O-])=C(C)N1. The maximum atomic E-state index is 12.9. The fraction of sp³-hybridized carbons (Fsp3) is 0.476. The van der Waals surface area contributed by atoms with Crippen LogP contribution in [0.4, 0.5) is 13.6 Å². The van der Waals surface area contributed by atoms with E-state index in [1.165, 1.54) is 31.2 Å². The molecule has 0 spiro atoms. The van der Waals surface area contributed by atoms with Crippen LogP contribution in [0.3, 0.4) is 0 Å². The largest absolute Gasteiger partial charge is 0.513 e. The molecule has 1 aliphatic heterocycles. The van der Waals surface area contributed by atoms with Gasteiger partial charge in [-0.15, -0.1) is 0 Å². The second-order valence-electron chi connectivity index (χ2n) is 8.24. The van der Waals surface area contributed by atoms with Crippen LogP contribution in [0.15, 0.2) is 47.1 Å². The highest BCUT2D eigenvalue weighted by molar-refractivity contribution is 5.63. The van der Waals surface area contributed by atoms with Gasteiger partial charge in [0, 0.05) is 5.56 Å². The van der Waals surface area contributed by atoms with Gasteiger partial charge in [0.2, 0.25) is 0 Å². The number of rotatable bonds is 7. The number of para-hydroxylation sites is 1. The summed E-state index contributed by atoms with van der Waals surface area (Å²) in [6, 6.07) is 5.66. The molecule has 1 unspecified atom stereocenters. The molecule has 31 heavy (non-hydrogen) atoms. The van der Waals surface area contributed by atoms with Crippen molar-refractivity contribution in [2.75, 3.05) is 6.61 Å². The fourth-order valence-electron chi connectivity index (χ4n) is 3.11. The third-order valence-electron chi connectivity index (χ3n) is 4.57. The van der Waals surface area contributed by atoms with Gasteiger partial charge in [0.25, 0.3) is 5.70 Å². The number of hydrogen-bond donors (Lipinski definition) is 1. The Morgan fingerprint density at radius 1 is 1.23 bits per heavy atom. The van der Waals surface area contributed by atoms with Crippen LogP contribution in [-0.4, -0.2) is 24.3 Å². The smallest absolute Gasteiger partial charge is 0.435 e. The van der Waals surface area contributed by atoms with Crippen molar-refractivity contribution in [2.45, 2.75) is 53.6 Å². The number of nitro groups is 1. The molecule has 0 aliphatic carbocycles. The summed E-state index contributed by atoms with van der Waals surface area (Å²) in [6.07, 6.45) is -0.466. The molecule has 1 aromatic rings. The number of carbonyl (C=O) groups is 1. The lowest BCUT2D eigenvalue weighted by Gasteiger charge is -2.27. The molecule has 0 bridgehead atoms. The van der Waals surface area contributed by atoms with Crippen LogP contribution in [0.1, 0.15) is 52.5 Å². The zero-order valence-corrected chi connectivity index (χ0v) is 18.0. The van der Waals surface area contributed by atoms with Gasteiger partial charge in [0.15, 0.2) is 0 Å². The molecule has 170 valence electrons. The van der Waals surface area contributed by atoms with E-state index >= 15 is 0 Å².